The molecule has 0 atom stereocenters. The van der Waals surface area contributed by atoms with E-state index in [0.29, 0.717) is 27.7 Å². The van der Waals surface area contributed by atoms with Crippen LogP contribution in [0.4, 0.5) is 0 Å². The van der Waals surface area contributed by atoms with Gasteiger partial charge in [-0.05, 0) is 18.2 Å². The van der Waals surface area contributed by atoms with Crippen molar-refractivity contribution in [3.8, 4) is 5.69 Å². The highest BCUT2D eigenvalue weighted by atomic mass is 35.5. The van der Waals surface area contributed by atoms with Crippen LogP contribution < -0.4 is 0 Å². The zero-order valence-electron chi connectivity index (χ0n) is 14.7. The SMILES string of the molecule is CN(C)C(=O)c1nc(CCl)n(-c2ccc(Cl)cc2C(=O)c2ccccc2)n1. The monoisotopic (exact) mass is 402 g/mol. The predicted octanol–water partition coefficient (Wildman–Crippen LogP) is 3.59. The van der Waals surface area contributed by atoms with Gasteiger partial charge in [0.25, 0.3) is 5.91 Å². The molecule has 2 aromatic carbocycles. The van der Waals surface area contributed by atoms with Crippen molar-refractivity contribution in [2.75, 3.05) is 14.1 Å². The molecule has 0 saturated carbocycles. The average molecular weight is 403 g/mol. The average Bonchev–Trinajstić information content (AvgIpc) is 3.11. The van der Waals surface area contributed by atoms with Crippen LogP contribution in [0.15, 0.2) is 48.5 Å². The maximum Gasteiger partial charge on any atom is 0.293 e. The van der Waals surface area contributed by atoms with Crippen molar-refractivity contribution in [3.05, 3.63) is 76.3 Å². The summed E-state index contributed by atoms with van der Waals surface area (Å²) in [6.45, 7) is 0. The van der Waals surface area contributed by atoms with Gasteiger partial charge in [-0.15, -0.1) is 16.7 Å². The molecule has 0 N–H and O–H groups in total. The number of ketones is 1. The quantitative estimate of drug-likeness (QED) is 0.482. The van der Waals surface area contributed by atoms with Gasteiger partial charge in [-0.1, -0.05) is 41.9 Å². The Balaban J connectivity index is 2.16. The third-order valence-corrected chi connectivity index (χ3v) is 4.33. The smallest absolute Gasteiger partial charge is 0.293 e. The number of hydrogen-bond donors (Lipinski definition) is 0. The third kappa shape index (κ3) is 3.86. The van der Waals surface area contributed by atoms with Crippen molar-refractivity contribution in [3.63, 3.8) is 0 Å². The summed E-state index contributed by atoms with van der Waals surface area (Å²) >= 11 is 12.1. The fraction of sp³-hybridized carbons (Fsp3) is 0.158. The van der Waals surface area contributed by atoms with E-state index in [1.807, 2.05) is 6.07 Å². The second-order valence-corrected chi connectivity index (χ2v) is 6.66. The Labute approximate surface area is 166 Å². The van der Waals surface area contributed by atoms with E-state index in [1.165, 1.54) is 9.58 Å². The summed E-state index contributed by atoms with van der Waals surface area (Å²) in [5.41, 5.74) is 1.31. The van der Waals surface area contributed by atoms with Crippen molar-refractivity contribution in [2.45, 2.75) is 5.88 Å². The summed E-state index contributed by atoms with van der Waals surface area (Å²) in [5.74, 6) is -0.195. The van der Waals surface area contributed by atoms with Gasteiger partial charge in [0.15, 0.2) is 5.78 Å². The zero-order valence-corrected chi connectivity index (χ0v) is 16.2. The Bertz CT molecular complexity index is 1000. The summed E-state index contributed by atoms with van der Waals surface area (Å²) in [5, 5.41) is 4.69. The topological polar surface area (TPSA) is 68.1 Å². The van der Waals surface area contributed by atoms with Gasteiger partial charge in [-0.2, -0.15) is 0 Å². The number of rotatable bonds is 5. The van der Waals surface area contributed by atoms with Gasteiger partial charge in [0, 0.05) is 30.2 Å². The summed E-state index contributed by atoms with van der Waals surface area (Å²) in [7, 11) is 3.21. The minimum Gasteiger partial charge on any atom is -0.342 e. The molecule has 1 aromatic heterocycles. The van der Waals surface area contributed by atoms with E-state index in [2.05, 4.69) is 10.1 Å². The van der Waals surface area contributed by atoms with E-state index >= 15 is 0 Å². The molecule has 0 aliphatic carbocycles. The van der Waals surface area contributed by atoms with Crippen LogP contribution in [0.25, 0.3) is 5.69 Å². The van der Waals surface area contributed by atoms with Gasteiger partial charge in [0.05, 0.1) is 11.6 Å². The van der Waals surface area contributed by atoms with Crippen LogP contribution in [0.3, 0.4) is 0 Å². The Hall–Kier alpha value is -2.70. The number of benzene rings is 2. The number of nitrogens with zero attached hydrogens (tertiary/aromatic N) is 4. The van der Waals surface area contributed by atoms with Crippen LogP contribution >= 0.6 is 23.2 Å². The number of hydrogen-bond acceptors (Lipinski definition) is 4. The van der Waals surface area contributed by atoms with E-state index in [4.69, 9.17) is 23.2 Å². The van der Waals surface area contributed by atoms with Crippen molar-refractivity contribution < 1.29 is 9.59 Å². The van der Waals surface area contributed by atoms with E-state index < -0.39 is 0 Å². The molecule has 0 fully saturated rings. The normalized spacial score (nSPS) is 10.7. The summed E-state index contributed by atoms with van der Waals surface area (Å²) in [4.78, 5) is 30.8. The molecule has 1 amide bonds. The van der Waals surface area contributed by atoms with Crippen LogP contribution in [0.1, 0.15) is 32.4 Å². The highest BCUT2D eigenvalue weighted by Crippen LogP contribution is 2.24. The number of carbonyl (C=O) groups excluding carboxylic acids is 2. The second-order valence-electron chi connectivity index (χ2n) is 5.95. The van der Waals surface area contributed by atoms with Gasteiger partial charge in [-0.3, -0.25) is 9.59 Å². The van der Waals surface area contributed by atoms with E-state index in [1.54, 1.807) is 56.6 Å². The first-order chi connectivity index (χ1) is 12.9. The highest BCUT2D eigenvalue weighted by Gasteiger charge is 2.22. The minimum absolute atomic E-state index is 0.00344. The second kappa shape index (κ2) is 7.90. The molecular formula is C19H16Cl2N4O2. The molecular weight excluding hydrogens is 387 g/mol. The first-order valence-electron chi connectivity index (χ1n) is 8.05. The molecule has 0 spiro atoms. The molecule has 0 saturated heterocycles. The molecule has 3 rings (SSSR count). The summed E-state index contributed by atoms with van der Waals surface area (Å²) < 4.78 is 1.41. The Morgan fingerprint density at radius 1 is 1.11 bits per heavy atom. The lowest BCUT2D eigenvalue weighted by atomic mass is 10.0. The number of alkyl halides is 1. The fourth-order valence-corrected chi connectivity index (χ4v) is 2.88. The Kier molecular flexibility index (Phi) is 5.58. The molecule has 138 valence electrons. The minimum atomic E-state index is -0.356. The molecule has 27 heavy (non-hydrogen) atoms. The summed E-state index contributed by atoms with van der Waals surface area (Å²) in [6.07, 6.45) is 0. The third-order valence-electron chi connectivity index (χ3n) is 3.86. The molecule has 0 aliphatic rings. The van der Waals surface area contributed by atoms with Crippen LogP contribution in [0, 0.1) is 0 Å². The van der Waals surface area contributed by atoms with Crippen molar-refractivity contribution >= 4 is 34.9 Å². The largest absolute Gasteiger partial charge is 0.342 e. The van der Waals surface area contributed by atoms with Crippen molar-refractivity contribution in [1.29, 1.82) is 0 Å². The van der Waals surface area contributed by atoms with E-state index in [0.717, 1.165) is 0 Å². The number of aromatic nitrogens is 3. The zero-order chi connectivity index (χ0) is 19.6. The van der Waals surface area contributed by atoms with Gasteiger partial charge < -0.3 is 4.90 Å². The van der Waals surface area contributed by atoms with Crippen molar-refractivity contribution in [1.82, 2.24) is 19.7 Å². The Morgan fingerprint density at radius 3 is 2.44 bits per heavy atom. The number of halogens is 2. The van der Waals surface area contributed by atoms with Gasteiger partial charge in [0.1, 0.15) is 5.82 Å². The first kappa shape index (κ1) is 19.1. The molecule has 0 bridgehead atoms. The Morgan fingerprint density at radius 2 is 1.81 bits per heavy atom. The van der Waals surface area contributed by atoms with Gasteiger partial charge >= 0.3 is 0 Å². The molecule has 8 heteroatoms. The van der Waals surface area contributed by atoms with Gasteiger partial charge in [0.2, 0.25) is 5.82 Å². The lowest BCUT2D eigenvalue weighted by Crippen LogP contribution is -2.23. The van der Waals surface area contributed by atoms with E-state index in [9.17, 15) is 9.59 Å². The maximum atomic E-state index is 13.0. The maximum absolute atomic E-state index is 13.0. The molecule has 1 heterocycles. The van der Waals surface area contributed by atoms with Crippen LogP contribution in [0.5, 0.6) is 0 Å². The van der Waals surface area contributed by atoms with Gasteiger partial charge in [-0.25, -0.2) is 9.67 Å². The number of amides is 1. The molecule has 3 aromatic rings. The summed E-state index contributed by atoms with van der Waals surface area (Å²) in [6, 6.07) is 13.7. The van der Waals surface area contributed by atoms with Crippen LogP contribution in [0.2, 0.25) is 5.02 Å². The van der Waals surface area contributed by atoms with E-state index in [-0.39, 0.29) is 23.4 Å². The fourth-order valence-electron chi connectivity index (χ4n) is 2.53. The predicted molar refractivity (Wildman–Crippen MR) is 104 cm³/mol. The first-order valence-corrected chi connectivity index (χ1v) is 8.97. The standard InChI is InChI=1S/C19H16Cl2N4O2/c1-24(2)19(27)18-22-16(11-20)25(23-18)15-9-8-13(21)10-14(15)17(26)12-6-4-3-5-7-12/h3-10H,11H2,1-2H3. The lowest BCUT2D eigenvalue weighted by molar-refractivity contribution is 0.0815. The van der Waals surface area contributed by atoms with Crippen LogP contribution in [-0.4, -0.2) is 45.5 Å². The number of carbonyl (C=O) groups is 2. The molecule has 0 unspecified atom stereocenters. The van der Waals surface area contributed by atoms with Crippen LogP contribution in [-0.2, 0) is 5.88 Å². The molecule has 0 radical (unpaired) electrons. The highest BCUT2D eigenvalue weighted by molar-refractivity contribution is 6.31. The lowest BCUT2D eigenvalue weighted by Gasteiger charge is -2.11. The van der Waals surface area contributed by atoms with Crippen molar-refractivity contribution in [2.24, 2.45) is 0 Å². The molecule has 6 nitrogen and oxygen atoms in total. The molecule has 0 aliphatic heterocycles.